The molecule has 2 aromatic heterocycles. The van der Waals surface area contributed by atoms with Crippen LogP contribution in [0.3, 0.4) is 0 Å². The summed E-state index contributed by atoms with van der Waals surface area (Å²) in [7, 11) is 3.12. The number of carbonyl (C=O) groups excluding carboxylic acids is 1. The molecule has 3 N–H and O–H groups in total. The Hall–Kier alpha value is -3.15. The third kappa shape index (κ3) is 6.26. The highest BCUT2D eigenvalue weighted by atomic mass is 32.2. The van der Waals surface area contributed by atoms with Crippen molar-refractivity contribution in [1.82, 2.24) is 9.97 Å². The van der Waals surface area contributed by atoms with E-state index in [1.807, 2.05) is 12.3 Å². The highest BCUT2D eigenvalue weighted by Crippen LogP contribution is 2.48. The molecule has 0 amide bonds. The quantitative estimate of drug-likeness (QED) is 0.227. The van der Waals surface area contributed by atoms with Crippen LogP contribution in [0.2, 0.25) is 0 Å². The first-order valence-corrected chi connectivity index (χ1v) is 14.3. The summed E-state index contributed by atoms with van der Waals surface area (Å²) in [6.07, 6.45) is 4.11. The minimum absolute atomic E-state index is 0.0639. The van der Waals surface area contributed by atoms with Crippen LogP contribution in [0.5, 0.6) is 5.75 Å². The van der Waals surface area contributed by atoms with Crippen molar-refractivity contribution in [1.29, 1.82) is 0 Å². The van der Waals surface area contributed by atoms with E-state index in [0.29, 0.717) is 31.5 Å². The third-order valence-electron chi connectivity index (χ3n) is 7.35. The van der Waals surface area contributed by atoms with Crippen molar-refractivity contribution in [3.05, 3.63) is 71.2 Å². The molecule has 5 unspecified atom stereocenters. The minimum atomic E-state index is -1.83. The summed E-state index contributed by atoms with van der Waals surface area (Å²) in [4.78, 5) is 19.5. The summed E-state index contributed by atoms with van der Waals surface area (Å²) in [6, 6.07) is 5.93. The lowest BCUT2D eigenvalue weighted by molar-refractivity contribution is -0.0484. The Kier molecular flexibility index (Phi) is 10.0. The molecule has 214 valence electrons. The molecular weight excluding hydrogens is 541 g/mol. The molecule has 1 fully saturated rings. The third-order valence-corrected chi connectivity index (χ3v) is 7.92. The maximum absolute atomic E-state index is 17.0. The monoisotopic (exact) mass is 574 g/mol. The van der Waals surface area contributed by atoms with Gasteiger partial charge < -0.3 is 20.5 Å². The van der Waals surface area contributed by atoms with Gasteiger partial charge in [0.2, 0.25) is 0 Å². The van der Waals surface area contributed by atoms with Gasteiger partial charge in [0.1, 0.15) is 34.9 Å². The molecule has 11 heteroatoms. The van der Waals surface area contributed by atoms with E-state index in [1.54, 1.807) is 31.2 Å². The van der Waals surface area contributed by atoms with Crippen LogP contribution < -0.4 is 15.8 Å². The second-order valence-corrected chi connectivity index (χ2v) is 10.7. The number of aldehydes is 1. The lowest BCUT2D eigenvalue weighted by Crippen LogP contribution is -2.49. The fraction of sp³-hybridized carbons (Fsp3) is 0.414. The molecule has 0 spiro atoms. The molecule has 0 radical (unpaired) electrons. The number of thioether (sulfide) groups is 1. The van der Waals surface area contributed by atoms with E-state index >= 15 is 8.78 Å². The molecule has 0 saturated heterocycles. The number of hydrogen-bond acceptors (Lipinski definition) is 8. The summed E-state index contributed by atoms with van der Waals surface area (Å²) in [6.45, 7) is 0.362. The van der Waals surface area contributed by atoms with Crippen molar-refractivity contribution in [3.63, 3.8) is 0 Å². The molecule has 40 heavy (non-hydrogen) atoms. The molecule has 1 aliphatic carbocycles. The molecule has 1 saturated carbocycles. The number of nitrogens with zero attached hydrogens (tertiary/aromatic N) is 2. The van der Waals surface area contributed by atoms with E-state index in [2.05, 4.69) is 15.3 Å². The van der Waals surface area contributed by atoms with Gasteiger partial charge in [0.25, 0.3) is 0 Å². The number of pyridine rings is 2. The van der Waals surface area contributed by atoms with E-state index in [1.165, 1.54) is 19.2 Å². The summed E-state index contributed by atoms with van der Waals surface area (Å²) >= 11 is 1.59. The van der Waals surface area contributed by atoms with Gasteiger partial charge >= 0.3 is 0 Å². The maximum atomic E-state index is 17.0. The summed E-state index contributed by atoms with van der Waals surface area (Å²) < 4.78 is 58.9. The van der Waals surface area contributed by atoms with Gasteiger partial charge in [-0.25, -0.2) is 18.2 Å². The predicted octanol–water partition coefficient (Wildman–Crippen LogP) is 5.56. The number of hydrogen-bond donors (Lipinski definition) is 2. The number of carbonyl (C=O) groups is 1. The number of ether oxygens (including phenoxy) is 2. The van der Waals surface area contributed by atoms with Gasteiger partial charge in [-0.15, -0.1) is 0 Å². The fourth-order valence-corrected chi connectivity index (χ4v) is 5.74. The van der Waals surface area contributed by atoms with Crippen molar-refractivity contribution in [2.75, 3.05) is 38.1 Å². The number of nitrogens with one attached hydrogen (secondary N) is 1. The topological polar surface area (TPSA) is 99.4 Å². The largest absolute Gasteiger partial charge is 0.497 e. The Balaban J connectivity index is 1.83. The predicted molar refractivity (Wildman–Crippen MR) is 151 cm³/mol. The molecule has 0 bridgehead atoms. The number of alkyl halides is 1. The molecule has 3 aromatic rings. The van der Waals surface area contributed by atoms with E-state index in [4.69, 9.17) is 15.2 Å². The highest BCUT2D eigenvalue weighted by Gasteiger charge is 2.44. The van der Waals surface area contributed by atoms with Crippen LogP contribution in [0.25, 0.3) is 11.3 Å². The zero-order valence-electron chi connectivity index (χ0n) is 22.6. The molecule has 5 atom stereocenters. The highest BCUT2D eigenvalue weighted by molar-refractivity contribution is 7.98. The lowest BCUT2D eigenvalue weighted by Gasteiger charge is -2.42. The summed E-state index contributed by atoms with van der Waals surface area (Å²) in [5.74, 6) is -2.00. The first-order chi connectivity index (χ1) is 19.3. The second-order valence-electron chi connectivity index (χ2n) is 9.70. The van der Waals surface area contributed by atoms with E-state index < -0.39 is 41.6 Å². The lowest BCUT2D eigenvalue weighted by atomic mass is 9.70. The first kappa shape index (κ1) is 29.8. The first-order valence-electron chi connectivity index (χ1n) is 12.9. The van der Waals surface area contributed by atoms with Gasteiger partial charge in [-0.1, -0.05) is 0 Å². The number of benzene rings is 1. The van der Waals surface area contributed by atoms with Crippen LogP contribution >= 0.6 is 11.8 Å². The van der Waals surface area contributed by atoms with Crippen molar-refractivity contribution in [2.45, 2.75) is 37.1 Å². The standard InChI is InChI=1S/C29H33F3N4O3S/c1-34-25-14-35-7-6-19(25)16-10-21(29(24(33)11-16)39-8-9-40-3)27(32)20-12-18(38-2)13-23(31)26(20)28-22(30)5-4-17(15-37)36-28/h4-7,12-16,21,24,27,29,34H,8-11,33H2,1-3H3. The van der Waals surface area contributed by atoms with Gasteiger partial charge in [-0.2, -0.15) is 11.8 Å². The van der Waals surface area contributed by atoms with Crippen molar-refractivity contribution < 1.29 is 27.4 Å². The fourth-order valence-electron chi connectivity index (χ4n) is 5.48. The number of aromatic nitrogens is 2. The Bertz CT molecular complexity index is 1330. The van der Waals surface area contributed by atoms with E-state index in [0.717, 1.165) is 23.4 Å². The Morgan fingerprint density at radius 3 is 2.73 bits per heavy atom. The number of anilines is 1. The normalized spacial score (nSPS) is 21.6. The van der Waals surface area contributed by atoms with E-state index in [9.17, 15) is 9.18 Å². The molecule has 2 heterocycles. The minimum Gasteiger partial charge on any atom is -0.497 e. The average Bonchev–Trinajstić information content (AvgIpc) is 2.97. The zero-order valence-corrected chi connectivity index (χ0v) is 23.4. The number of rotatable bonds is 11. The van der Waals surface area contributed by atoms with Crippen LogP contribution in [0.1, 0.15) is 46.5 Å². The number of nitrogens with two attached hydrogens (primary N) is 1. The van der Waals surface area contributed by atoms with Crippen LogP contribution in [0.4, 0.5) is 18.9 Å². The van der Waals surface area contributed by atoms with Gasteiger partial charge in [0.05, 0.1) is 31.7 Å². The van der Waals surface area contributed by atoms with Crippen LogP contribution in [0, 0.1) is 17.6 Å². The van der Waals surface area contributed by atoms with Gasteiger partial charge in [0.15, 0.2) is 6.29 Å². The van der Waals surface area contributed by atoms with Gasteiger partial charge in [-0.3, -0.25) is 9.78 Å². The van der Waals surface area contributed by atoms with E-state index in [-0.39, 0.29) is 28.5 Å². The van der Waals surface area contributed by atoms with Crippen LogP contribution in [-0.4, -0.2) is 61.2 Å². The molecule has 0 aliphatic heterocycles. The summed E-state index contributed by atoms with van der Waals surface area (Å²) in [5, 5.41) is 3.13. The van der Waals surface area contributed by atoms with Gasteiger partial charge in [-0.05, 0) is 54.8 Å². The second kappa shape index (κ2) is 13.5. The van der Waals surface area contributed by atoms with Crippen molar-refractivity contribution in [3.8, 4) is 17.0 Å². The maximum Gasteiger partial charge on any atom is 0.168 e. The average molecular weight is 575 g/mol. The SMILES string of the molecule is CNc1cnccc1C1CC(N)C(OCCSC)C(C(F)c2cc(OC)cc(F)c2-c2nc(C=O)ccc2F)C1. The zero-order chi connectivity index (χ0) is 28.8. The molecule has 1 aromatic carbocycles. The molecule has 1 aliphatic rings. The summed E-state index contributed by atoms with van der Waals surface area (Å²) in [5.41, 5.74) is 7.31. The number of halogens is 3. The Labute approximate surface area is 236 Å². The smallest absolute Gasteiger partial charge is 0.168 e. The van der Waals surface area contributed by atoms with Crippen LogP contribution in [0.15, 0.2) is 42.7 Å². The molecule has 7 nitrogen and oxygen atoms in total. The number of methoxy groups -OCH3 is 1. The molecule has 4 rings (SSSR count). The molecular formula is C29H33F3N4O3S. The Morgan fingerprint density at radius 1 is 1.23 bits per heavy atom. The van der Waals surface area contributed by atoms with Crippen molar-refractivity contribution in [2.24, 2.45) is 11.7 Å². The van der Waals surface area contributed by atoms with Gasteiger partial charge in [0, 0.05) is 48.2 Å². The van der Waals surface area contributed by atoms with Crippen LogP contribution in [-0.2, 0) is 4.74 Å². The van der Waals surface area contributed by atoms with Crippen molar-refractivity contribution >= 4 is 23.7 Å². The Morgan fingerprint density at radius 2 is 2.02 bits per heavy atom.